The standard InChI is InChI=1S/C13H15IN2O3/c1-13(2)6-8(13)7-15-12(17)10-5-9(16(18)19)3-4-11(10)14/h3-5,8H,6-7H2,1-2H3,(H,15,17). The van der Waals surface area contributed by atoms with Gasteiger partial charge in [-0.3, -0.25) is 14.9 Å². The SMILES string of the molecule is CC1(C)CC1CNC(=O)c1cc([N+](=O)[O-])ccc1I. The molecule has 1 fully saturated rings. The van der Waals surface area contributed by atoms with E-state index in [4.69, 9.17) is 0 Å². The Bertz CT molecular complexity index is 543. The largest absolute Gasteiger partial charge is 0.352 e. The van der Waals surface area contributed by atoms with Crippen molar-refractivity contribution in [3.63, 3.8) is 0 Å². The van der Waals surface area contributed by atoms with E-state index in [-0.39, 0.29) is 11.6 Å². The highest BCUT2D eigenvalue weighted by Gasteiger charge is 2.45. The number of nitrogens with one attached hydrogen (secondary N) is 1. The first-order chi connectivity index (χ1) is 8.81. The van der Waals surface area contributed by atoms with E-state index in [1.807, 2.05) is 22.6 Å². The number of nitro groups is 1. The normalized spacial score (nSPS) is 19.8. The summed E-state index contributed by atoms with van der Waals surface area (Å²) < 4.78 is 0.718. The molecule has 19 heavy (non-hydrogen) atoms. The third-order valence-electron chi connectivity index (χ3n) is 3.63. The monoisotopic (exact) mass is 374 g/mol. The van der Waals surface area contributed by atoms with Gasteiger partial charge in [-0.1, -0.05) is 13.8 Å². The van der Waals surface area contributed by atoms with Gasteiger partial charge in [-0.15, -0.1) is 0 Å². The van der Waals surface area contributed by atoms with Crippen molar-refractivity contribution in [2.45, 2.75) is 20.3 Å². The molecule has 1 aliphatic carbocycles. The molecule has 2 rings (SSSR count). The number of carbonyl (C=O) groups is 1. The van der Waals surface area contributed by atoms with Crippen LogP contribution < -0.4 is 5.32 Å². The number of amides is 1. The summed E-state index contributed by atoms with van der Waals surface area (Å²) >= 11 is 2.01. The Morgan fingerprint density at radius 3 is 2.74 bits per heavy atom. The van der Waals surface area contributed by atoms with E-state index in [1.165, 1.54) is 12.1 Å². The highest BCUT2D eigenvalue weighted by atomic mass is 127. The molecule has 0 aromatic heterocycles. The molecule has 1 unspecified atom stereocenters. The van der Waals surface area contributed by atoms with Crippen LogP contribution in [0.15, 0.2) is 18.2 Å². The number of non-ortho nitro benzene ring substituents is 1. The predicted octanol–water partition coefficient (Wildman–Crippen LogP) is 2.98. The molecule has 1 aliphatic rings. The van der Waals surface area contributed by atoms with Crippen LogP contribution in [0.25, 0.3) is 0 Å². The molecule has 1 aromatic carbocycles. The second kappa shape index (κ2) is 5.07. The fourth-order valence-corrected chi connectivity index (χ4v) is 2.62. The van der Waals surface area contributed by atoms with E-state index >= 15 is 0 Å². The number of halogens is 1. The molecule has 0 spiro atoms. The lowest BCUT2D eigenvalue weighted by Crippen LogP contribution is -2.27. The first kappa shape index (κ1) is 14.2. The van der Waals surface area contributed by atoms with Gasteiger partial charge in [0.2, 0.25) is 0 Å². The van der Waals surface area contributed by atoms with E-state index in [0.29, 0.717) is 23.4 Å². The van der Waals surface area contributed by atoms with Crippen molar-refractivity contribution in [1.82, 2.24) is 5.32 Å². The van der Waals surface area contributed by atoms with Crippen LogP contribution in [0, 0.1) is 25.0 Å². The van der Waals surface area contributed by atoms with Crippen molar-refractivity contribution < 1.29 is 9.72 Å². The van der Waals surface area contributed by atoms with Crippen molar-refractivity contribution in [3.05, 3.63) is 37.4 Å². The Morgan fingerprint density at radius 2 is 2.21 bits per heavy atom. The number of rotatable bonds is 4. The van der Waals surface area contributed by atoms with Crippen LogP contribution in [0.2, 0.25) is 0 Å². The smallest absolute Gasteiger partial charge is 0.270 e. The number of hydrogen-bond acceptors (Lipinski definition) is 3. The number of carbonyl (C=O) groups excluding carboxylic acids is 1. The lowest BCUT2D eigenvalue weighted by Gasteiger charge is -2.08. The molecule has 0 bridgehead atoms. The molecular formula is C13H15IN2O3. The van der Waals surface area contributed by atoms with Gasteiger partial charge in [-0.25, -0.2) is 0 Å². The average Bonchev–Trinajstić information content (AvgIpc) is 2.94. The summed E-state index contributed by atoms with van der Waals surface area (Å²) in [6, 6.07) is 4.33. The van der Waals surface area contributed by atoms with Gasteiger partial charge < -0.3 is 5.32 Å². The number of benzene rings is 1. The van der Waals surface area contributed by atoms with Crippen LogP contribution in [-0.4, -0.2) is 17.4 Å². The van der Waals surface area contributed by atoms with Crippen molar-refractivity contribution in [3.8, 4) is 0 Å². The van der Waals surface area contributed by atoms with Crippen molar-refractivity contribution in [2.24, 2.45) is 11.3 Å². The van der Waals surface area contributed by atoms with Gasteiger partial charge in [0.1, 0.15) is 0 Å². The summed E-state index contributed by atoms with van der Waals surface area (Å²) in [4.78, 5) is 22.3. The highest BCUT2D eigenvalue weighted by molar-refractivity contribution is 14.1. The second-order valence-corrected chi connectivity index (χ2v) is 6.68. The molecule has 6 heteroatoms. The summed E-state index contributed by atoms with van der Waals surface area (Å²) in [5.74, 6) is 0.267. The van der Waals surface area contributed by atoms with Crippen molar-refractivity contribution >= 4 is 34.2 Å². The first-order valence-corrected chi connectivity index (χ1v) is 7.11. The summed E-state index contributed by atoms with van der Waals surface area (Å²) in [6.45, 7) is 4.96. The summed E-state index contributed by atoms with van der Waals surface area (Å²) in [5, 5.41) is 13.6. The zero-order valence-electron chi connectivity index (χ0n) is 10.8. The number of nitrogens with zero attached hydrogens (tertiary/aromatic N) is 1. The van der Waals surface area contributed by atoms with Gasteiger partial charge in [0.15, 0.2) is 0 Å². The van der Waals surface area contributed by atoms with E-state index in [1.54, 1.807) is 6.07 Å². The molecule has 1 saturated carbocycles. The van der Waals surface area contributed by atoms with E-state index < -0.39 is 4.92 Å². The Hall–Kier alpha value is -1.18. The van der Waals surface area contributed by atoms with Gasteiger partial charge >= 0.3 is 0 Å². The summed E-state index contributed by atoms with van der Waals surface area (Å²) in [5.41, 5.74) is 0.619. The average molecular weight is 374 g/mol. The van der Waals surface area contributed by atoms with E-state index in [0.717, 1.165) is 9.99 Å². The van der Waals surface area contributed by atoms with Gasteiger partial charge in [0, 0.05) is 22.2 Å². The summed E-state index contributed by atoms with van der Waals surface area (Å²) in [6.07, 6.45) is 1.11. The van der Waals surface area contributed by atoms with Crippen molar-refractivity contribution in [2.75, 3.05) is 6.54 Å². The number of nitro benzene ring substituents is 1. The van der Waals surface area contributed by atoms with Gasteiger partial charge in [-0.2, -0.15) is 0 Å². The van der Waals surface area contributed by atoms with Crippen LogP contribution in [-0.2, 0) is 0 Å². The third-order valence-corrected chi connectivity index (χ3v) is 4.57. The maximum absolute atomic E-state index is 12.0. The Kier molecular flexibility index (Phi) is 3.80. The van der Waals surface area contributed by atoms with Crippen LogP contribution in [0.1, 0.15) is 30.6 Å². The van der Waals surface area contributed by atoms with Gasteiger partial charge in [-0.05, 0) is 46.4 Å². The summed E-state index contributed by atoms with van der Waals surface area (Å²) in [7, 11) is 0. The van der Waals surface area contributed by atoms with Gasteiger partial charge in [0.25, 0.3) is 11.6 Å². The molecular weight excluding hydrogens is 359 g/mol. The molecule has 0 radical (unpaired) electrons. The van der Waals surface area contributed by atoms with Gasteiger partial charge in [0.05, 0.1) is 10.5 Å². The second-order valence-electron chi connectivity index (χ2n) is 5.52. The zero-order chi connectivity index (χ0) is 14.2. The molecule has 102 valence electrons. The molecule has 0 aliphatic heterocycles. The van der Waals surface area contributed by atoms with E-state index in [2.05, 4.69) is 19.2 Å². The Balaban J connectivity index is 2.06. The Labute approximate surface area is 125 Å². The minimum absolute atomic E-state index is 0.0580. The molecule has 1 amide bonds. The van der Waals surface area contributed by atoms with Crippen LogP contribution in [0.3, 0.4) is 0 Å². The van der Waals surface area contributed by atoms with E-state index in [9.17, 15) is 14.9 Å². The quantitative estimate of drug-likeness (QED) is 0.500. The molecule has 0 heterocycles. The first-order valence-electron chi connectivity index (χ1n) is 6.03. The van der Waals surface area contributed by atoms with Crippen LogP contribution in [0.4, 0.5) is 5.69 Å². The fraction of sp³-hybridized carbons (Fsp3) is 0.462. The number of hydrogen-bond donors (Lipinski definition) is 1. The molecule has 1 atom stereocenters. The third kappa shape index (κ3) is 3.23. The highest BCUT2D eigenvalue weighted by Crippen LogP contribution is 2.50. The maximum atomic E-state index is 12.0. The van der Waals surface area contributed by atoms with Crippen molar-refractivity contribution in [1.29, 1.82) is 0 Å². The molecule has 0 saturated heterocycles. The zero-order valence-corrected chi connectivity index (χ0v) is 12.9. The minimum Gasteiger partial charge on any atom is -0.352 e. The lowest BCUT2D eigenvalue weighted by molar-refractivity contribution is -0.384. The maximum Gasteiger partial charge on any atom is 0.270 e. The topological polar surface area (TPSA) is 72.2 Å². The fourth-order valence-electron chi connectivity index (χ4n) is 2.04. The Morgan fingerprint density at radius 1 is 1.58 bits per heavy atom. The minimum atomic E-state index is -0.489. The molecule has 1 aromatic rings. The van der Waals surface area contributed by atoms with Crippen LogP contribution >= 0.6 is 22.6 Å². The predicted molar refractivity (Wildman–Crippen MR) is 80.0 cm³/mol. The molecule has 1 N–H and O–H groups in total. The lowest BCUT2D eigenvalue weighted by atomic mass is 10.1. The molecule has 5 nitrogen and oxygen atoms in total. The van der Waals surface area contributed by atoms with Crippen LogP contribution in [0.5, 0.6) is 0 Å².